The lowest BCUT2D eigenvalue weighted by molar-refractivity contribution is 0.0436. The first-order valence-electron chi connectivity index (χ1n) is 6.35. The molecule has 102 valence electrons. The maximum atomic E-state index is 11.4. The summed E-state index contributed by atoms with van der Waals surface area (Å²) in [6.45, 7) is 5.07. The van der Waals surface area contributed by atoms with Crippen LogP contribution in [0.3, 0.4) is 0 Å². The molecule has 1 heterocycles. The number of pyridine rings is 1. The van der Waals surface area contributed by atoms with Gasteiger partial charge in [-0.1, -0.05) is 13.3 Å². The fourth-order valence-corrected chi connectivity index (χ4v) is 1.46. The van der Waals surface area contributed by atoms with E-state index < -0.39 is 0 Å². The van der Waals surface area contributed by atoms with Gasteiger partial charge in [0.2, 0.25) is 0 Å². The summed E-state index contributed by atoms with van der Waals surface area (Å²) in [5.41, 5.74) is 6.12. The minimum atomic E-state index is -0.0630. The molecule has 1 aromatic rings. The quantitative estimate of drug-likeness (QED) is 0.674. The van der Waals surface area contributed by atoms with Crippen molar-refractivity contribution < 1.29 is 9.47 Å². The van der Waals surface area contributed by atoms with Crippen molar-refractivity contribution in [2.45, 2.75) is 26.3 Å². The molecule has 2 N–H and O–H groups in total. The standard InChI is InChI=1S/C13H22N2O3/c1-2-3-7-17-9-10-18-8-6-15-11-12(14)4-5-13(15)16/h4-5,11H,2-3,6-10,14H2,1H3. The van der Waals surface area contributed by atoms with Crippen LogP contribution in [0.5, 0.6) is 0 Å². The van der Waals surface area contributed by atoms with Crippen LogP contribution >= 0.6 is 0 Å². The molecule has 0 aliphatic heterocycles. The molecule has 0 spiro atoms. The van der Waals surface area contributed by atoms with E-state index in [1.165, 1.54) is 6.07 Å². The van der Waals surface area contributed by atoms with Crippen LogP contribution in [0.25, 0.3) is 0 Å². The molecule has 0 aliphatic carbocycles. The van der Waals surface area contributed by atoms with Gasteiger partial charge < -0.3 is 19.8 Å². The normalized spacial score (nSPS) is 10.7. The summed E-state index contributed by atoms with van der Waals surface area (Å²) >= 11 is 0. The van der Waals surface area contributed by atoms with Gasteiger partial charge in [0.1, 0.15) is 0 Å². The lowest BCUT2D eigenvalue weighted by atomic mass is 10.4. The van der Waals surface area contributed by atoms with E-state index in [-0.39, 0.29) is 5.56 Å². The van der Waals surface area contributed by atoms with Gasteiger partial charge in [0.15, 0.2) is 0 Å². The Labute approximate surface area is 108 Å². The Morgan fingerprint density at radius 1 is 1.17 bits per heavy atom. The van der Waals surface area contributed by atoms with Crippen molar-refractivity contribution in [2.24, 2.45) is 0 Å². The van der Waals surface area contributed by atoms with Crippen LogP contribution in [0, 0.1) is 0 Å². The summed E-state index contributed by atoms with van der Waals surface area (Å²) in [6.07, 6.45) is 3.85. The maximum Gasteiger partial charge on any atom is 0.250 e. The number of anilines is 1. The van der Waals surface area contributed by atoms with E-state index in [1.54, 1.807) is 16.8 Å². The second-order valence-corrected chi connectivity index (χ2v) is 4.07. The predicted octanol–water partition coefficient (Wildman–Crippen LogP) is 1.26. The Morgan fingerprint density at radius 3 is 2.61 bits per heavy atom. The molecule has 0 unspecified atom stereocenters. The zero-order valence-corrected chi connectivity index (χ0v) is 10.9. The summed E-state index contributed by atoms with van der Waals surface area (Å²) in [5.74, 6) is 0. The Bertz CT molecular complexity index is 390. The van der Waals surface area contributed by atoms with E-state index in [1.807, 2.05) is 0 Å². The molecule has 0 saturated carbocycles. The number of nitrogen functional groups attached to an aromatic ring is 1. The third-order valence-corrected chi connectivity index (χ3v) is 2.50. The van der Waals surface area contributed by atoms with E-state index in [0.29, 0.717) is 32.1 Å². The fraction of sp³-hybridized carbons (Fsp3) is 0.615. The van der Waals surface area contributed by atoms with E-state index >= 15 is 0 Å². The van der Waals surface area contributed by atoms with Crippen molar-refractivity contribution in [2.75, 3.05) is 32.2 Å². The van der Waals surface area contributed by atoms with Crippen LogP contribution in [0.1, 0.15) is 19.8 Å². The first-order valence-corrected chi connectivity index (χ1v) is 6.35. The van der Waals surface area contributed by atoms with Gasteiger partial charge >= 0.3 is 0 Å². The van der Waals surface area contributed by atoms with Gasteiger partial charge in [-0.25, -0.2) is 0 Å². The van der Waals surface area contributed by atoms with Crippen molar-refractivity contribution in [3.8, 4) is 0 Å². The molecule has 0 atom stereocenters. The number of ether oxygens (including phenoxy) is 2. The van der Waals surface area contributed by atoms with E-state index in [4.69, 9.17) is 15.2 Å². The highest BCUT2D eigenvalue weighted by Gasteiger charge is 1.96. The minimum absolute atomic E-state index is 0.0630. The Hall–Kier alpha value is -1.33. The lowest BCUT2D eigenvalue weighted by Gasteiger charge is -2.08. The largest absolute Gasteiger partial charge is 0.398 e. The summed E-state index contributed by atoms with van der Waals surface area (Å²) in [6, 6.07) is 3.06. The Morgan fingerprint density at radius 2 is 1.89 bits per heavy atom. The summed E-state index contributed by atoms with van der Waals surface area (Å²) in [4.78, 5) is 11.4. The van der Waals surface area contributed by atoms with E-state index in [0.717, 1.165) is 19.4 Å². The zero-order valence-electron chi connectivity index (χ0n) is 10.9. The second kappa shape index (κ2) is 8.72. The molecule has 0 aromatic carbocycles. The SMILES string of the molecule is CCCCOCCOCCn1cc(N)ccc1=O. The molecule has 5 nitrogen and oxygen atoms in total. The van der Waals surface area contributed by atoms with Crippen LogP contribution in [-0.4, -0.2) is 31.0 Å². The monoisotopic (exact) mass is 254 g/mol. The van der Waals surface area contributed by atoms with Crippen LogP contribution in [-0.2, 0) is 16.0 Å². The Kier molecular flexibility index (Phi) is 7.13. The molecular weight excluding hydrogens is 232 g/mol. The predicted molar refractivity (Wildman–Crippen MR) is 71.7 cm³/mol. The lowest BCUT2D eigenvalue weighted by Crippen LogP contribution is -2.21. The number of hydrogen-bond acceptors (Lipinski definition) is 4. The molecule has 0 aliphatic rings. The second-order valence-electron chi connectivity index (χ2n) is 4.07. The summed E-state index contributed by atoms with van der Waals surface area (Å²) in [5, 5.41) is 0. The van der Waals surface area contributed by atoms with Gasteiger partial charge in [0.25, 0.3) is 5.56 Å². The van der Waals surface area contributed by atoms with Crippen LogP contribution in [0.4, 0.5) is 5.69 Å². The average Bonchev–Trinajstić information content (AvgIpc) is 2.36. The van der Waals surface area contributed by atoms with Gasteiger partial charge in [0, 0.05) is 31.1 Å². The number of nitrogens with zero attached hydrogens (tertiary/aromatic N) is 1. The molecule has 0 radical (unpaired) electrons. The molecule has 18 heavy (non-hydrogen) atoms. The van der Waals surface area contributed by atoms with E-state index in [2.05, 4.69) is 6.92 Å². The number of unbranched alkanes of at least 4 members (excludes halogenated alkanes) is 1. The van der Waals surface area contributed by atoms with Gasteiger partial charge in [-0.15, -0.1) is 0 Å². The highest BCUT2D eigenvalue weighted by atomic mass is 16.5. The van der Waals surface area contributed by atoms with Gasteiger partial charge in [-0.05, 0) is 12.5 Å². The summed E-state index contributed by atoms with van der Waals surface area (Å²) in [7, 11) is 0. The topological polar surface area (TPSA) is 66.5 Å². The van der Waals surface area contributed by atoms with Gasteiger partial charge in [-0.2, -0.15) is 0 Å². The molecule has 1 rings (SSSR count). The summed E-state index contributed by atoms with van der Waals surface area (Å²) < 4.78 is 12.3. The van der Waals surface area contributed by atoms with Crippen molar-refractivity contribution in [3.63, 3.8) is 0 Å². The van der Waals surface area contributed by atoms with Crippen LogP contribution < -0.4 is 11.3 Å². The third kappa shape index (κ3) is 5.84. The maximum absolute atomic E-state index is 11.4. The molecule has 5 heteroatoms. The molecule has 1 aromatic heterocycles. The smallest absolute Gasteiger partial charge is 0.250 e. The molecule has 0 bridgehead atoms. The van der Waals surface area contributed by atoms with Crippen LogP contribution in [0.15, 0.2) is 23.1 Å². The molecular formula is C13H22N2O3. The number of hydrogen-bond donors (Lipinski definition) is 1. The Balaban J connectivity index is 2.11. The van der Waals surface area contributed by atoms with Crippen molar-refractivity contribution in [1.29, 1.82) is 0 Å². The van der Waals surface area contributed by atoms with Crippen molar-refractivity contribution in [1.82, 2.24) is 4.57 Å². The molecule has 0 saturated heterocycles. The van der Waals surface area contributed by atoms with E-state index in [9.17, 15) is 4.79 Å². The first-order chi connectivity index (χ1) is 8.74. The number of nitrogens with two attached hydrogens (primary N) is 1. The van der Waals surface area contributed by atoms with Crippen LogP contribution in [0.2, 0.25) is 0 Å². The fourth-order valence-electron chi connectivity index (χ4n) is 1.46. The molecule has 0 fully saturated rings. The van der Waals surface area contributed by atoms with Crippen molar-refractivity contribution in [3.05, 3.63) is 28.7 Å². The van der Waals surface area contributed by atoms with Gasteiger partial charge in [0.05, 0.1) is 19.8 Å². The highest BCUT2D eigenvalue weighted by molar-refractivity contribution is 5.33. The minimum Gasteiger partial charge on any atom is -0.398 e. The van der Waals surface area contributed by atoms with Crippen molar-refractivity contribution >= 4 is 5.69 Å². The van der Waals surface area contributed by atoms with Gasteiger partial charge in [-0.3, -0.25) is 4.79 Å². The first kappa shape index (κ1) is 14.7. The number of rotatable bonds is 9. The molecule has 0 amide bonds. The average molecular weight is 254 g/mol. The highest BCUT2D eigenvalue weighted by Crippen LogP contribution is 1.95. The third-order valence-electron chi connectivity index (χ3n) is 2.50. The zero-order chi connectivity index (χ0) is 13.2. The number of aromatic nitrogens is 1.